The smallest absolute Gasteiger partial charge is 0.408 e. The topological polar surface area (TPSA) is 171 Å². The third kappa shape index (κ3) is 9.85. The van der Waals surface area contributed by atoms with Gasteiger partial charge in [0.05, 0.1) is 6.04 Å². The summed E-state index contributed by atoms with van der Waals surface area (Å²) in [6, 6.07) is -2.49. The van der Waals surface area contributed by atoms with Gasteiger partial charge in [0.1, 0.15) is 12.1 Å². The number of hydrogen-bond acceptors (Lipinski definition) is 7. The van der Waals surface area contributed by atoms with E-state index in [1.807, 2.05) is 13.8 Å². The van der Waals surface area contributed by atoms with Crippen LogP contribution in [-0.4, -0.2) is 66.2 Å². The summed E-state index contributed by atoms with van der Waals surface area (Å²) in [5, 5.41) is 17.8. The van der Waals surface area contributed by atoms with Gasteiger partial charge in [0.15, 0.2) is 0 Å². The van der Waals surface area contributed by atoms with E-state index < -0.39 is 45.6 Å². The van der Waals surface area contributed by atoms with Gasteiger partial charge in [-0.25, -0.2) is 4.79 Å². The van der Waals surface area contributed by atoms with Crippen molar-refractivity contribution in [1.29, 1.82) is 0 Å². The zero-order valence-corrected chi connectivity index (χ0v) is 22.4. The number of amides is 3. The Morgan fingerprint density at radius 2 is 1.81 bits per heavy atom. The van der Waals surface area contributed by atoms with Crippen molar-refractivity contribution < 1.29 is 37.2 Å². The highest BCUT2D eigenvalue weighted by atomic mass is 32.2. The maximum atomic E-state index is 13.1. The number of nitrogens with one attached hydrogen (secondary N) is 3. The van der Waals surface area contributed by atoms with Crippen molar-refractivity contribution in [3.63, 3.8) is 0 Å². The number of hydrogen-bond donors (Lipinski definition) is 5. The van der Waals surface area contributed by atoms with Gasteiger partial charge >= 0.3 is 6.09 Å². The Kier molecular flexibility index (Phi) is 11.9. The van der Waals surface area contributed by atoms with Crippen molar-refractivity contribution in [3.8, 4) is 0 Å². The standard InChI is InChI=1S/C24H43N3O8S/c1-4-5-6-16-7-9-18(10-8-16)35-24(31)27-19(13-15(2)3)22(29)26-20(23(30)36(32,33)34)14-17-11-12-25-21(17)28/h15-20,23,30H,4-14H2,1-3H3,(H,25,28)(H,26,29)(H,27,31)(H,32,33,34)/t16?,17-,18?,19?,20?,23?/m0/s1. The molecule has 0 bridgehead atoms. The van der Waals surface area contributed by atoms with Gasteiger partial charge < -0.3 is 25.8 Å². The molecule has 1 aliphatic carbocycles. The molecule has 1 heterocycles. The monoisotopic (exact) mass is 533 g/mol. The Morgan fingerprint density at radius 1 is 1.14 bits per heavy atom. The predicted octanol–water partition coefficient (Wildman–Crippen LogP) is 2.09. The van der Waals surface area contributed by atoms with Crippen molar-refractivity contribution in [1.82, 2.24) is 16.0 Å². The normalized spacial score (nSPS) is 25.1. The van der Waals surface area contributed by atoms with Crippen LogP contribution in [0.2, 0.25) is 0 Å². The van der Waals surface area contributed by atoms with Crippen LogP contribution in [0.3, 0.4) is 0 Å². The van der Waals surface area contributed by atoms with Crippen molar-refractivity contribution >= 4 is 28.0 Å². The van der Waals surface area contributed by atoms with Crippen LogP contribution in [-0.2, 0) is 24.4 Å². The Balaban J connectivity index is 2.00. The molecule has 0 aromatic heterocycles. The Hall–Kier alpha value is -1.92. The molecule has 0 radical (unpaired) electrons. The summed E-state index contributed by atoms with van der Waals surface area (Å²) in [5.74, 6) is -1.02. The van der Waals surface area contributed by atoms with E-state index in [0.29, 0.717) is 18.9 Å². The van der Waals surface area contributed by atoms with Gasteiger partial charge in [0, 0.05) is 12.5 Å². The van der Waals surface area contributed by atoms with E-state index in [0.717, 1.165) is 32.1 Å². The molecule has 2 fully saturated rings. The molecule has 11 nitrogen and oxygen atoms in total. The maximum absolute atomic E-state index is 13.1. The highest BCUT2D eigenvalue weighted by Gasteiger charge is 2.38. The Bertz CT molecular complexity index is 842. The lowest BCUT2D eigenvalue weighted by atomic mass is 9.84. The van der Waals surface area contributed by atoms with Crippen LogP contribution >= 0.6 is 0 Å². The largest absolute Gasteiger partial charge is 0.446 e. The van der Waals surface area contributed by atoms with Crippen molar-refractivity contribution in [3.05, 3.63) is 0 Å². The first-order valence-electron chi connectivity index (χ1n) is 13.1. The van der Waals surface area contributed by atoms with E-state index in [1.54, 1.807) is 0 Å². The molecule has 2 rings (SSSR count). The van der Waals surface area contributed by atoms with Gasteiger partial charge in [-0.1, -0.05) is 40.0 Å². The highest BCUT2D eigenvalue weighted by molar-refractivity contribution is 7.86. The molecule has 0 aromatic carbocycles. The minimum atomic E-state index is -4.91. The summed E-state index contributed by atoms with van der Waals surface area (Å²) in [6.45, 7) is 6.28. The number of unbranched alkanes of at least 4 members (excludes halogenated alkanes) is 1. The number of aliphatic hydroxyl groups excluding tert-OH is 1. The van der Waals surface area contributed by atoms with Crippen LogP contribution in [0, 0.1) is 17.8 Å². The van der Waals surface area contributed by atoms with Crippen molar-refractivity contribution in [2.75, 3.05) is 6.54 Å². The second-order valence-electron chi connectivity index (χ2n) is 10.5. The van der Waals surface area contributed by atoms with E-state index in [1.165, 1.54) is 12.8 Å². The lowest BCUT2D eigenvalue weighted by Gasteiger charge is -2.30. The number of rotatable bonds is 13. The van der Waals surface area contributed by atoms with E-state index >= 15 is 0 Å². The first-order valence-corrected chi connectivity index (χ1v) is 14.6. The average Bonchev–Trinajstić information content (AvgIpc) is 3.20. The number of aliphatic hydroxyl groups is 1. The van der Waals surface area contributed by atoms with Gasteiger partial charge in [-0.2, -0.15) is 8.42 Å². The first kappa shape index (κ1) is 30.3. The summed E-state index contributed by atoms with van der Waals surface area (Å²) in [5.41, 5.74) is -2.32. The molecular formula is C24H43N3O8S. The van der Waals surface area contributed by atoms with Crippen LogP contribution in [0.25, 0.3) is 0 Å². The Labute approximate surface area is 214 Å². The first-order chi connectivity index (χ1) is 16.9. The Morgan fingerprint density at radius 3 is 2.33 bits per heavy atom. The van der Waals surface area contributed by atoms with Crippen LogP contribution in [0.1, 0.15) is 85.0 Å². The fraction of sp³-hybridized carbons (Fsp3) is 0.875. The second-order valence-corrected chi connectivity index (χ2v) is 12.1. The SMILES string of the molecule is CCCCC1CCC(OC(=O)NC(CC(C)C)C(=O)NC(C[C@@H]2CCNC2=O)C(O)S(=O)(=O)O)CC1. The minimum Gasteiger partial charge on any atom is -0.446 e. The fourth-order valence-corrected chi connectivity index (χ4v) is 5.57. The molecule has 1 aliphatic heterocycles. The van der Waals surface area contributed by atoms with E-state index in [2.05, 4.69) is 22.9 Å². The molecule has 0 spiro atoms. The number of carbonyl (C=O) groups excluding carboxylic acids is 3. The molecule has 12 heteroatoms. The van der Waals surface area contributed by atoms with Gasteiger partial charge in [0.2, 0.25) is 17.3 Å². The third-order valence-electron chi connectivity index (χ3n) is 7.03. The molecule has 1 saturated heterocycles. The molecule has 2 aliphatic rings. The molecule has 4 atom stereocenters. The molecule has 5 N–H and O–H groups in total. The number of alkyl carbamates (subject to hydrolysis) is 1. The maximum Gasteiger partial charge on any atom is 0.408 e. The molecule has 208 valence electrons. The quantitative estimate of drug-likeness (QED) is 0.224. The molecule has 3 amide bonds. The zero-order valence-electron chi connectivity index (χ0n) is 21.6. The molecular weight excluding hydrogens is 490 g/mol. The fourth-order valence-electron chi connectivity index (χ4n) is 4.98. The van der Waals surface area contributed by atoms with Gasteiger partial charge in [-0.3, -0.25) is 14.1 Å². The van der Waals surface area contributed by atoms with Gasteiger partial charge in [-0.05, 0) is 56.8 Å². The average molecular weight is 534 g/mol. The third-order valence-corrected chi connectivity index (χ3v) is 7.97. The molecule has 36 heavy (non-hydrogen) atoms. The summed E-state index contributed by atoms with van der Waals surface area (Å²) in [7, 11) is -4.91. The molecule has 0 aromatic rings. The number of carbonyl (C=O) groups is 3. The summed E-state index contributed by atoms with van der Waals surface area (Å²) < 4.78 is 38.1. The van der Waals surface area contributed by atoms with E-state index in [9.17, 15) is 32.5 Å². The summed E-state index contributed by atoms with van der Waals surface area (Å²) in [4.78, 5) is 37.7. The van der Waals surface area contributed by atoms with Gasteiger partial charge in [0.25, 0.3) is 10.1 Å². The van der Waals surface area contributed by atoms with Crippen LogP contribution in [0.4, 0.5) is 4.79 Å². The van der Waals surface area contributed by atoms with Crippen molar-refractivity contribution in [2.24, 2.45) is 17.8 Å². The number of ether oxygens (including phenoxy) is 1. The van der Waals surface area contributed by atoms with E-state index in [4.69, 9.17) is 4.74 Å². The van der Waals surface area contributed by atoms with Crippen LogP contribution in [0.15, 0.2) is 0 Å². The molecule has 3 unspecified atom stereocenters. The van der Waals surface area contributed by atoms with E-state index in [-0.39, 0.29) is 30.8 Å². The van der Waals surface area contributed by atoms with Gasteiger partial charge in [-0.15, -0.1) is 0 Å². The molecule has 1 saturated carbocycles. The minimum absolute atomic E-state index is 0.000567. The predicted molar refractivity (Wildman–Crippen MR) is 133 cm³/mol. The summed E-state index contributed by atoms with van der Waals surface area (Å²) in [6.07, 6.45) is 6.60. The summed E-state index contributed by atoms with van der Waals surface area (Å²) >= 11 is 0. The highest BCUT2D eigenvalue weighted by Crippen LogP contribution is 2.30. The van der Waals surface area contributed by atoms with Crippen molar-refractivity contribution in [2.45, 2.75) is 109 Å². The lowest BCUT2D eigenvalue weighted by molar-refractivity contribution is -0.126. The lowest BCUT2D eigenvalue weighted by Crippen LogP contribution is -2.55. The second kappa shape index (κ2) is 14.1. The zero-order chi connectivity index (χ0) is 26.9. The van der Waals surface area contributed by atoms with Crippen LogP contribution in [0.5, 0.6) is 0 Å². The van der Waals surface area contributed by atoms with Crippen LogP contribution < -0.4 is 16.0 Å².